The van der Waals surface area contributed by atoms with E-state index in [4.69, 9.17) is 5.11 Å². The highest BCUT2D eigenvalue weighted by atomic mass is 32.2. The summed E-state index contributed by atoms with van der Waals surface area (Å²) in [7, 11) is 0. The van der Waals surface area contributed by atoms with Gasteiger partial charge in [0, 0.05) is 4.75 Å². The summed E-state index contributed by atoms with van der Waals surface area (Å²) < 4.78 is -0.0708. The minimum Gasteiger partial charge on any atom is -0.394 e. The van der Waals surface area contributed by atoms with E-state index < -0.39 is 0 Å². The number of thioether (sulfide) groups is 1. The first-order valence-electron chi connectivity index (χ1n) is 4.40. The Bertz CT molecular complexity index is 244. The van der Waals surface area contributed by atoms with Gasteiger partial charge in [-0.15, -0.1) is 11.8 Å². The molecule has 3 unspecified atom stereocenters. The molecule has 2 rings (SSSR count). The first-order chi connectivity index (χ1) is 6.04. The van der Waals surface area contributed by atoms with Gasteiger partial charge in [-0.1, -0.05) is 0 Å². The molecule has 0 aromatic heterocycles. The van der Waals surface area contributed by atoms with Crippen molar-refractivity contribution >= 4 is 17.7 Å². The molecule has 2 aliphatic heterocycles. The molecular formula is C8H14N2O2S. The Morgan fingerprint density at radius 1 is 1.62 bits per heavy atom. The summed E-state index contributed by atoms with van der Waals surface area (Å²) in [6.45, 7) is 4.10. The summed E-state index contributed by atoms with van der Waals surface area (Å²) in [6.07, 6.45) is 0. The number of piperazine rings is 1. The van der Waals surface area contributed by atoms with Gasteiger partial charge in [-0.2, -0.15) is 0 Å². The van der Waals surface area contributed by atoms with E-state index in [1.54, 1.807) is 11.8 Å². The Labute approximate surface area is 81.5 Å². The fourth-order valence-electron chi connectivity index (χ4n) is 1.87. The van der Waals surface area contributed by atoms with Crippen LogP contribution in [0, 0.1) is 0 Å². The van der Waals surface area contributed by atoms with E-state index in [2.05, 4.69) is 24.5 Å². The number of hydrogen-bond donors (Lipinski definition) is 3. The number of amides is 1. The van der Waals surface area contributed by atoms with E-state index in [1.165, 1.54) is 0 Å². The van der Waals surface area contributed by atoms with Crippen LogP contribution in [0.15, 0.2) is 0 Å². The molecule has 0 saturated carbocycles. The van der Waals surface area contributed by atoms with E-state index in [0.29, 0.717) is 0 Å². The Kier molecular flexibility index (Phi) is 2.05. The second-order valence-electron chi connectivity index (χ2n) is 4.04. The quantitative estimate of drug-likeness (QED) is 0.525. The van der Waals surface area contributed by atoms with Gasteiger partial charge in [0.25, 0.3) is 0 Å². The molecule has 3 atom stereocenters. The molecule has 0 aromatic carbocycles. The maximum Gasteiger partial charge on any atom is 0.238 e. The Morgan fingerprint density at radius 3 is 2.92 bits per heavy atom. The predicted octanol–water partition coefficient (Wildman–Crippen LogP) is -0.713. The summed E-state index contributed by atoms with van der Waals surface area (Å²) in [5.74, 6) is 0.00491. The molecular weight excluding hydrogens is 188 g/mol. The number of nitrogens with one attached hydrogen (secondary N) is 2. The normalized spacial score (nSPS) is 41.8. The zero-order valence-corrected chi connectivity index (χ0v) is 8.52. The molecule has 13 heavy (non-hydrogen) atoms. The van der Waals surface area contributed by atoms with Crippen LogP contribution in [0.2, 0.25) is 0 Å². The van der Waals surface area contributed by atoms with Crippen molar-refractivity contribution in [3.8, 4) is 0 Å². The molecule has 2 bridgehead atoms. The van der Waals surface area contributed by atoms with Gasteiger partial charge in [-0.05, 0) is 13.8 Å². The highest BCUT2D eigenvalue weighted by Gasteiger charge is 2.51. The SMILES string of the molecule is CC1(C)SC2NC1C(=O)NC2CO. The summed E-state index contributed by atoms with van der Waals surface area (Å²) in [4.78, 5) is 11.5. The molecule has 0 aromatic rings. The molecule has 4 nitrogen and oxygen atoms in total. The van der Waals surface area contributed by atoms with Crippen molar-refractivity contribution in [2.45, 2.75) is 36.1 Å². The Morgan fingerprint density at radius 2 is 2.31 bits per heavy atom. The molecule has 0 radical (unpaired) electrons. The average Bonchev–Trinajstić information content (AvgIpc) is 2.32. The van der Waals surface area contributed by atoms with Crippen LogP contribution in [0.25, 0.3) is 0 Å². The first kappa shape index (κ1) is 9.30. The van der Waals surface area contributed by atoms with Gasteiger partial charge in [0.2, 0.25) is 5.91 Å². The third-order valence-corrected chi connectivity index (χ3v) is 4.17. The summed E-state index contributed by atoms with van der Waals surface area (Å²) in [5.41, 5.74) is 0. The largest absolute Gasteiger partial charge is 0.394 e. The first-order valence-corrected chi connectivity index (χ1v) is 5.27. The molecule has 2 saturated heterocycles. The standard InChI is InChI=1S/C8H14N2O2S/c1-8(2)5-6(12)9-4(3-11)7(10-5)13-8/h4-5,7,10-11H,3H2,1-2H3,(H,9,12). The van der Waals surface area contributed by atoms with Crippen molar-refractivity contribution in [2.75, 3.05) is 6.61 Å². The number of hydrogen-bond acceptors (Lipinski definition) is 4. The highest BCUT2D eigenvalue weighted by molar-refractivity contribution is 8.01. The number of carbonyl (C=O) groups excluding carboxylic acids is 1. The van der Waals surface area contributed by atoms with E-state index in [0.717, 1.165) is 0 Å². The van der Waals surface area contributed by atoms with Gasteiger partial charge < -0.3 is 10.4 Å². The van der Waals surface area contributed by atoms with Gasteiger partial charge in [-0.25, -0.2) is 0 Å². The van der Waals surface area contributed by atoms with Crippen molar-refractivity contribution in [2.24, 2.45) is 0 Å². The molecule has 74 valence electrons. The fourth-order valence-corrected chi connectivity index (χ4v) is 3.36. The van der Waals surface area contributed by atoms with Gasteiger partial charge in [0.15, 0.2) is 0 Å². The van der Waals surface area contributed by atoms with Crippen molar-refractivity contribution < 1.29 is 9.90 Å². The fraction of sp³-hybridized carbons (Fsp3) is 0.875. The minimum atomic E-state index is -0.143. The summed E-state index contributed by atoms with van der Waals surface area (Å²) in [6, 6.07) is -0.263. The second kappa shape index (κ2) is 2.87. The minimum absolute atomic E-state index is 0.000787. The third-order valence-electron chi connectivity index (χ3n) is 2.61. The van der Waals surface area contributed by atoms with Crippen LogP contribution in [0.3, 0.4) is 0 Å². The number of aliphatic hydroxyl groups excluding tert-OH is 1. The zero-order valence-electron chi connectivity index (χ0n) is 7.70. The van der Waals surface area contributed by atoms with E-state index >= 15 is 0 Å². The molecule has 0 spiro atoms. The van der Waals surface area contributed by atoms with E-state index in [-0.39, 0.29) is 34.7 Å². The van der Waals surface area contributed by atoms with Crippen molar-refractivity contribution in [3.05, 3.63) is 0 Å². The second-order valence-corrected chi connectivity index (χ2v) is 5.84. The summed E-state index contributed by atoms with van der Waals surface area (Å²) >= 11 is 1.72. The Hall–Kier alpha value is -0.260. The lowest BCUT2D eigenvalue weighted by Crippen LogP contribution is -2.62. The van der Waals surface area contributed by atoms with Crippen LogP contribution in [0.1, 0.15) is 13.8 Å². The third kappa shape index (κ3) is 1.35. The van der Waals surface area contributed by atoms with Crippen LogP contribution >= 0.6 is 11.8 Å². The number of aliphatic hydroxyl groups is 1. The molecule has 1 amide bonds. The molecule has 2 fully saturated rings. The molecule has 2 aliphatic rings. The number of rotatable bonds is 1. The van der Waals surface area contributed by atoms with Gasteiger partial charge >= 0.3 is 0 Å². The molecule has 2 heterocycles. The van der Waals surface area contributed by atoms with Crippen LogP contribution < -0.4 is 10.6 Å². The zero-order chi connectivity index (χ0) is 9.64. The van der Waals surface area contributed by atoms with Crippen LogP contribution in [-0.4, -0.2) is 39.8 Å². The van der Waals surface area contributed by atoms with Crippen LogP contribution in [0.4, 0.5) is 0 Å². The summed E-state index contributed by atoms with van der Waals surface area (Å²) in [5, 5.41) is 15.2. The maximum atomic E-state index is 11.5. The van der Waals surface area contributed by atoms with Crippen molar-refractivity contribution in [3.63, 3.8) is 0 Å². The molecule has 3 N–H and O–H groups in total. The average molecular weight is 202 g/mol. The topological polar surface area (TPSA) is 61.4 Å². The van der Waals surface area contributed by atoms with Crippen molar-refractivity contribution in [1.29, 1.82) is 0 Å². The molecule has 5 heteroatoms. The van der Waals surface area contributed by atoms with Gasteiger partial charge in [0.05, 0.1) is 18.0 Å². The smallest absolute Gasteiger partial charge is 0.238 e. The lowest BCUT2D eigenvalue weighted by molar-refractivity contribution is -0.126. The Balaban J connectivity index is 2.22. The van der Waals surface area contributed by atoms with Crippen LogP contribution in [0.5, 0.6) is 0 Å². The van der Waals surface area contributed by atoms with E-state index in [9.17, 15) is 4.79 Å². The van der Waals surface area contributed by atoms with Gasteiger partial charge in [-0.3, -0.25) is 10.1 Å². The predicted molar refractivity (Wildman–Crippen MR) is 51.4 cm³/mol. The lowest BCUT2D eigenvalue weighted by Gasteiger charge is -2.29. The number of fused-ring (bicyclic) bond motifs is 2. The van der Waals surface area contributed by atoms with Crippen LogP contribution in [-0.2, 0) is 4.79 Å². The monoisotopic (exact) mass is 202 g/mol. The van der Waals surface area contributed by atoms with E-state index in [1.807, 2.05) is 0 Å². The highest BCUT2D eigenvalue weighted by Crippen LogP contribution is 2.41. The van der Waals surface area contributed by atoms with Crippen molar-refractivity contribution in [1.82, 2.24) is 10.6 Å². The molecule has 0 aliphatic carbocycles. The van der Waals surface area contributed by atoms with Gasteiger partial charge in [0.1, 0.15) is 6.04 Å². The maximum absolute atomic E-state index is 11.5. The number of carbonyl (C=O) groups is 1. The lowest BCUT2D eigenvalue weighted by atomic mass is 10.00.